The molecule has 0 saturated heterocycles. The Hall–Kier alpha value is -3.38. The van der Waals surface area contributed by atoms with Gasteiger partial charge in [0.25, 0.3) is 0 Å². The third-order valence-electron chi connectivity index (χ3n) is 5.02. The van der Waals surface area contributed by atoms with E-state index in [4.69, 9.17) is 4.74 Å². The topological polar surface area (TPSA) is 50.1 Å². The first-order chi connectivity index (χ1) is 13.6. The number of aryl methyl sites for hydroxylation is 1. The average Bonchev–Trinajstić information content (AvgIpc) is 2.75. The van der Waals surface area contributed by atoms with Crippen LogP contribution in [0.4, 0.5) is 0 Å². The number of hydrogen-bond donors (Lipinski definition) is 0. The monoisotopic (exact) mass is 369 g/mol. The predicted octanol–water partition coefficient (Wildman–Crippen LogP) is 5.67. The molecule has 0 aliphatic heterocycles. The quantitative estimate of drug-likeness (QED) is 0.504. The zero-order valence-corrected chi connectivity index (χ0v) is 16.1. The molecule has 0 aliphatic carbocycles. The fourth-order valence-corrected chi connectivity index (χ4v) is 3.39. The highest BCUT2D eigenvalue weighted by Gasteiger charge is 2.27. The molecule has 0 amide bonds. The second-order valence-electron chi connectivity index (χ2n) is 6.89. The molecule has 0 spiro atoms. The minimum atomic E-state index is -0.397. The van der Waals surface area contributed by atoms with E-state index >= 15 is 0 Å². The van der Waals surface area contributed by atoms with E-state index in [0.29, 0.717) is 11.3 Å². The molecule has 0 bridgehead atoms. The number of benzene rings is 3. The number of ketones is 1. The predicted molar refractivity (Wildman–Crippen MR) is 111 cm³/mol. The molecule has 3 aromatic rings. The lowest BCUT2D eigenvalue weighted by Crippen LogP contribution is -2.15. The number of nitriles is 1. The van der Waals surface area contributed by atoms with Crippen LogP contribution < -0.4 is 4.74 Å². The van der Waals surface area contributed by atoms with Gasteiger partial charge in [0.2, 0.25) is 0 Å². The second-order valence-corrected chi connectivity index (χ2v) is 6.89. The Labute approximate surface area is 166 Å². The van der Waals surface area contributed by atoms with Crippen LogP contribution in [0.1, 0.15) is 45.3 Å². The molecular weight excluding hydrogens is 346 g/mol. The number of methoxy groups -OCH3 is 1. The van der Waals surface area contributed by atoms with E-state index in [-0.39, 0.29) is 18.1 Å². The van der Waals surface area contributed by atoms with Gasteiger partial charge < -0.3 is 4.74 Å². The van der Waals surface area contributed by atoms with Crippen molar-refractivity contribution in [2.45, 2.75) is 25.2 Å². The Morgan fingerprint density at radius 1 is 0.929 bits per heavy atom. The van der Waals surface area contributed by atoms with Crippen molar-refractivity contribution in [3.05, 3.63) is 101 Å². The normalized spacial score (nSPS) is 12.6. The molecular formula is C25H23NO2. The smallest absolute Gasteiger partial charge is 0.163 e. The van der Waals surface area contributed by atoms with Crippen LogP contribution in [-0.2, 0) is 0 Å². The summed E-state index contributed by atoms with van der Waals surface area (Å²) < 4.78 is 5.17. The van der Waals surface area contributed by atoms with Crippen molar-refractivity contribution in [2.24, 2.45) is 0 Å². The highest BCUT2D eigenvalue weighted by atomic mass is 16.5. The van der Waals surface area contributed by atoms with Gasteiger partial charge >= 0.3 is 0 Å². The van der Waals surface area contributed by atoms with E-state index in [9.17, 15) is 10.1 Å². The fraction of sp³-hybridized carbons (Fsp3) is 0.200. The number of hydrogen-bond acceptors (Lipinski definition) is 3. The van der Waals surface area contributed by atoms with E-state index < -0.39 is 5.92 Å². The van der Waals surface area contributed by atoms with Crippen LogP contribution in [0.5, 0.6) is 5.75 Å². The minimum absolute atomic E-state index is 0.0180. The number of carbonyl (C=O) groups is 1. The summed E-state index contributed by atoms with van der Waals surface area (Å²) in [5.41, 5.74) is 3.71. The summed E-state index contributed by atoms with van der Waals surface area (Å²) in [5.74, 6) is 0.115. The van der Waals surface area contributed by atoms with Crippen molar-refractivity contribution in [3.63, 3.8) is 0 Å². The third kappa shape index (κ3) is 4.47. The first-order valence-electron chi connectivity index (χ1n) is 9.30. The molecule has 3 nitrogen and oxygen atoms in total. The SMILES string of the molecule is COc1ccc(C(=O)CC(c2ccc(C)cc2)C(C#N)c2ccccc2)cc1. The van der Waals surface area contributed by atoms with Crippen LogP contribution in [0.2, 0.25) is 0 Å². The molecule has 3 rings (SSSR count). The lowest BCUT2D eigenvalue weighted by molar-refractivity contribution is 0.0971. The molecule has 0 aromatic heterocycles. The standard InChI is InChI=1S/C25H23NO2/c1-18-8-10-20(11-9-18)23(24(17-26)19-6-4-3-5-7-19)16-25(27)21-12-14-22(28-2)15-13-21/h3-15,23-24H,16H2,1-2H3. The van der Waals surface area contributed by atoms with Gasteiger partial charge in [-0.15, -0.1) is 0 Å². The Kier molecular flexibility index (Phi) is 6.24. The molecule has 3 aromatic carbocycles. The van der Waals surface area contributed by atoms with E-state index in [1.54, 1.807) is 31.4 Å². The van der Waals surface area contributed by atoms with Gasteiger partial charge in [0, 0.05) is 17.9 Å². The number of carbonyl (C=O) groups excluding carboxylic acids is 1. The molecule has 0 N–H and O–H groups in total. The Balaban J connectivity index is 1.94. The molecule has 0 aliphatic rings. The van der Waals surface area contributed by atoms with Crippen LogP contribution in [-0.4, -0.2) is 12.9 Å². The van der Waals surface area contributed by atoms with Crippen LogP contribution in [0, 0.1) is 18.3 Å². The van der Waals surface area contributed by atoms with Gasteiger partial charge in [-0.25, -0.2) is 0 Å². The van der Waals surface area contributed by atoms with Gasteiger partial charge in [0.1, 0.15) is 5.75 Å². The van der Waals surface area contributed by atoms with Gasteiger partial charge in [0.05, 0.1) is 19.1 Å². The molecule has 0 heterocycles. The van der Waals surface area contributed by atoms with Crippen molar-refractivity contribution >= 4 is 5.78 Å². The van der Waals surface area contributed by atoms with Gasteiger partial charge in [-0.3, -0.25) is 4.79 Å². The molecule has 2 atom stereocenters. The summed E-state index contributed by atoms with van der Waals surface area (Å²) >= 11 is 0. The lowest BCUT2D eigenvalue weighted by atomic mass is 9.78. The van der Waals surface area contributed by atoms with Gasteiger partial charge in [0.15, 0.2) is 5.78 Å². The summed E-state index contributed by atoms with van der Waals surface area (Å²) in [5, 5.41) is 9.94. The van der Waals surface area contributed by atoms with Crippen molar-refractivity contribution in [2.75, 3.05) is 7.11 Å². The first-order valence-corrected chi connectivity index (χ1v) is 9.30. The van der Waals surface area contributed by atoms with Gasteiger partial charge in [-0.1, -0.05) is 60.2 Å². The highest BCUT2D eigenvalue weighted by Crippen LogP contribution is 2.36. The maximum absolute atomic E-state index is 13.0. The molecule has 0 radical (unpaired) electrons. The summed E-state index contributed by atoms with van der Waals surface area (Å²) in [6.45, 7) is 2.03. The number of rotatable bonds is 7. The zero-order chi connectivity index (χ0) is 19.9. The average molecular weight is 369 g/mol. The minimum Gasteiger partial charge on any atom is -0.497 e. The van der Waals surface area contributed by atoms with Crippen LogP contribution >= 0.6 is 0 Å². The maximum Gasteiger partial charge on any atom is 0.163 e. The van der Waals surface area contributed by atoms with Gasteiger partial charge in [-0.05, 0) is 42.3 Å². The van der Waals surface area contributed by atoms with Gasteiger partial charge in [-0.2, -0.15) is 5.26 Å². The van der Waals surface area contributed by atoms with Crippen molar-refractivity contribution in [1.82, 2.24) is 0 Å². The first kappa shape index (κ1) is 19.4. The molecule has 28 heavy (non-hydrogen) atoms. The third-order valence-corrected chi connectivity index (χ3v) is 5.02. The number of ether oxygens (including phenoxy) is 1. The fourth-order valence-electron chi connectivity index (χ4n) is 3.39. The lowest BCUT2D eigenvalue weighted by Gasteiger charge is -2.23. The van der Waals surface area contributed by atoms with E-state index in [1.807, 2.05) is 61.5 Å². The summed E-state index contributed by atoms with van der Waals surface area (Å²) in [6.07, 6.45) is 0.266. The Bertz CT molecular complexity index is 954. The van der Waals surface area contributed by atoms with Crippen molar-refractivity contribution < 1.29 is 9.53 Å². The zero-order valence-electron chi connectivity index (χ0n) is 16.1. The molecule has 140 valence electrons. The summed E-state index contributed by atoms with van der Waals surface area (Å²) in [4.78, 5) is 13.0. The van der Waals surface area contributed by atoms with Crippen molar-refractivity contribution in [3.8, 4) is 11.8 Å². The molecule has 3 heteroatoms. The van der Waals surface area contributed by atoms with Crippen molar-refractivity contribution in [1.29, 1.82) is 5.26 Å². The van der Waals surface area contributed by atoms with Crippen LogP contribution in [0.15, 0.2) is 78.9 Å². The Morgan fingerprint density at radius 3 is 2.14 bits per heavy atom. The Morgan fingerprint density at radius 2 is 1.57 bits per heavy atom. The van der Waals surface area contributed by atoms with Crippen LogP contribution in [0.25, 0.3) is 0 Å². The molecule has 0 saturated carbocycles. The van der Waals surface area contributed by atoms with E-state index in [1.165, 1.54) is 0 Å². The summed E-state index contributed by atoms with van der Waals surface area (Å²) in [6, 6.07) is 27.3. The van der Waals surface area contributed by atoms with E-state index in [0.717, 1.165) is 16.7 Å². The summed E-state index contributed by atoms with van der Waals surface area (Å²) in [7, 11) is 1.60. The largest absolute Gasteiger partial charge is 0.497 e. The number of nitrogens with zero attached hydrogens (tertiary/aromatic N) is 1. The molecule has 0 fully saturated rings. The van der Waals surface area contributed by atoms with E-state index in [2.05, 4.69) is 6.07 Å². The second kappa shape index (κ2) is 9.01. The highest BCUT2D eigenvalue weighted by molar-refractivity contribution is 5.96. The molecule has 2 unspecified atom stereocenters. The maximum atomic E-state index is 13.0. The number of Topliss-reactive ketones (excluding diaryl/α,β-unsaturated/α-hetero) is 1. The van der Waals surface area contributed by atoms with Crippen LogP contribution in [0.3, 0.4) is 0 Å².